The van der Waals surface area contributed by atoms with Crippen molar-refractivity contribution in [2.24, 2.45) is 0 Å². The zero-order valence-electron chi connectivity index (χ0n) is 21.1. The first-order valence-corrected chi connectivity index (χ1v) is 12.6. The minimum atomic E-state index is -0.665. The highest BCUT2D eigenvalue weighted by Gasteiger charge is 2.36. The van der Waals surface area contributed by atoms with E-state index < -0.39 is 10.9 Å². The fourth-order valence-corrected chi connectivity index (χ4v) is 5.51. The Labute approximate surface area is 224 Å². The second kappa shape index (κ2) is 9.72. The highest BCUT2D eigenvalue weighted by molar-refractivity contribution is 6.04. The summed E-state index contributed by atoms with van der Waals surface area (Å²) in [5.41, 5.74) is 4.63. The van der Waals surface area contributed by atoms with Gasteiger partial charge in [0.15, 0.2) is 17.3 Å². The van der Waals surface area contributed by atoms with E-state index in [0.717, 1.165) is 51.7 Å². The van der Waals surface area contributed by atoms with Gasteiger partial charge in [-0.3, -0.25) is 14.9 Å². The molecule has 1 unspecified atom stereocenters. The number of hydrogen-bond donors (Lipinski definition) is 1. The molecule has 1 N–H and O–H groups in total. The van der Waals surface area contributed by atoms with Crippen LogP contribution in [0, 0.1) is 10.1 Å². The molecule has 0 saturated carbocycles. The third-order valence-corrected chi connectivity index (χ3v) is 7.33. The number of esters is 1. The Hall–Kier alpha value is -4.98. The molecule has 194 valence electrons. The number of Topliss-reactive ketones (excluding diaryl/α,β-unsaturated/α-hetero) is 1. The Bertz CT molecular complexity index is 1690. The SMILES string of the molecule is COc1cc(C2C3=C(CCCC3=O)Nc3ccc4ccccc4c32)ccc1OC(=O)c1ccc([N+](=O)[O-])cc1. The topological polar surface area (TPSA) is 108 Å². The number of carbonyl (C=O) groups excluding carboxylic acids is 2. The number of nitrogens with zero attached hydrogens (tertiary/aromatic N) is 1. The van der Waals surface area contributed by atoms with Crippen molar-refractivity contribution in [3.8, 4) is 11.5 Å². The first kappa shape index (κ1) is 24.4. The van der Waals surface area contributed by atoms with Gasteiger partial charge in [-0.05, 0) is 65.1 Å². The Morgan fingerprint density at radius 2 is 1.77 bits per heavy atom. The van der Waals surface area contributed by atoms with E-state index in [1.54, 1.807) is 6.07 Å². The number of allylic oxidation sites excluding steroid dienone is 2. The zero-order chi connectivity index (χ0) is 27.1. The highest BCUT2D eigenvalue weighted by atomic mass is 16.6. The van der Waals surface area contributed by atoms with Crippen LogP contribution in [0.25, 0.3) is 10.8 Å². The molecule has 1 aliphatic carbocycles. The Balaban J connectivity index is 1.42. The first-order valence-electron chi connectivity index (χ1n) is 12.6. The van der Waals surface area contributed by atoms with E-state index in [-0.39, 0.29) is 28.7 Å². The second-order valence-corrected chi connectivity index (χ2v) is 9.58. The van der Waals surface area contributed by atoms with Crippen molar-refractivity contribution in [1.82, 2.24) is 0 Å². The second-order valence-electron chi connectivity index (χ2n) is 9.58. The van der Waals surface area contributed by atoms with E-state index in [1.807, 2.05) is 24.3 Å². The van der Waals surface area contributed by atoms with E-state index in [2.05, 4.69) is 29.6 Å². The number of non-ortho nitro benzene ring substituents is 1. The molecular formula is C31H24N2O6. The van der Waals surface area contributed by atoms with Crippen molar-refractivity contribution in [2.45, 2.75) is 25.2 Å². The lowest BCUT2D eigenvalue weighted by Gasteiger charge is -2.35. The summed E-state index contributed by atoms with van der Waals surface area (Å²) in [6, 6.07) is 22.8. The number of fused-ring (bicyclic) bond motifs is 3. The fourth-order valence-electron chi connectivity index (χ4n) is 5.51. The van der Waals surface area contributed by atoms with Gasteiger partial charge in [-0.25, -0.2) is 4.79 Å². The van der Waals surface area contributed by atoms with Gasteiger partial charge in [0.25, 0.3) is 5.69 Å². The van der Waals surface area contributed by atoms with Crippen molar-refractivity contribution in [3.05, 3.63) is 117 Å². The van der Waals surface area contributed by atoms with Crippen molar-refractivity contribution in [2.75, 3.05) is 12.4 Å². The predicted octanol–water partition coefficient (Wildman–Crippen LogP) is 6.54. The molecule has 0 radical (unpaired) electrons. The van der Waals surface area contributed by atoms with Gasteiger partial charge in [-0.15, -0.1) is 0 Å². The molecule has 0 aromatic heterocycles. The molecular weight excluding hydrogens is 496 g/mol. The average Bonchev–Trinajstić information content (AvgIpc) is 2.96. The first-order chi connectivity index (χ1) is 18.9. The van der Waals surface area contributed by atoms with E-state index in [0.29, 0.717) is 12.2 Å². The standard InChI is InChI=1S/C31H24N2O6/c1-38-27-17-20(12-16-26(27)39-31(35)19-9-13-21(14-10-19)33(36)37)28-29-22-6-3-2-5-18(22)11-15-24(29)32-23-7-4-8-25(34)30(23)28/h2-3,5-6,9-17,28,32H,4,7-8H2,1H3. The lowest BCUT2D eigenvalue weighted by atomic mass is 9.74. The molecule has 6 rings (SSSR count). The summed E-state index contributed by atoms with van der Waals surface area (Å²) >= 11 is 0. The Kier molecular flexibility index (Phi) is 6.07. The molecule has 0 bridgehead atoms. The van der Waals surface area contributed by atoms with Gasteiger partial charge in [-0.2, -0.15) is 0 Å². The van der Waals surface area contributed by atoms with Gasteiger partial charge in [0, 0.05) is 41.4 Å². The molecule has 0 amide bonds. The molecule has 0 fully saturated rings. The number of hydrogen-bond acceptors (Lipinski definition) is 7. The van der Waals surface area contributed by atoms with Crippen LogP contribution in [0.3, 0.4) is 0 Å². The van der Waals surface area contributed by atoms with Crippen LogP contribution < -0.4 is 14.8 Å². The maximum Gasteiger partial charge on any atom is 0.343 e. The van der Waals surface area contributed by atoms with E-state index in [9.17, 15) is 19.7 Å². The van der Waals surface area contributed by atoms with Crippen molar-refractivity contribution < 1.29 is 24.0 Å². The third-order valence-electron chi connectivity index (χ3n) is 7.33. The predicted molar refractivity (Wildman–Crippen MR) is 146 cm³/mol. The maximum atomic E-state index is 13.3. The average molecular weight is 521 g/mol. The molecule has 2 aliphatic rings. The van der Waals surface area contributed by atoms with Crippen LogP contribution in [0.4, 0.5) is 11.4 Å². The number of benzene rings is 4. The normalized spacial score (nSPS) is 16.2. The summed E-state index contributed by atoms with van der Waals surface area (Å²) in [5.74, 6) is -0.306. The van der Waals surface area contributed by atoms with Crippen molar-refractivity contribution >= 4 is 33.9 Å². The molecule has 8 heteroatoms. The number of carbonyl (C=O) groups is 2. The van der Waals surface area contributed by atoms with Crippen LogP contribution in [0.5, 0.6) is 11.5 Å². The van der Waals surface area contributed by atoms with Gasteiger partial charge >= 0.3 is 5.97 Å². The van der Waals surface area contributed by atoms with Gasteiger partial charge in [0.2, 0.25) is 0 Å². The molecule has 8 nitrogen and oxygen atoms in total. The Morgan fingerprint density at radius 3 is 2.54 bits per heavy atom. The number of rotatable bonds is 5. The van der Waals surface area contributed by atoms with Crippen LogP contribution in [0.15, 0.2) is 90.1 Å². The van der Waals surface area contributed by atoms with E-state index in [1.165, 1.54) is 31.4 Å². The summed E-state index contributed by atoms with van der Waals surface area (Å²) < 4.78 is 11.2. The van der Waals surface area contributed by atoms with Crippen LogP contribution in [0.2, 0.25) is 0 Å². The smallest absolute Gasteiger partial charge is 0.343 e. The number of nitrogens with one attached hydrogen (secondary N) is 1. The van der Waals surface area contributed by atoms with Gasteiger partial charge in [-0.1, -0.05) is 36.4 Å². The van der Waals surface area contributed by atoms with Crippen LogP contribution in [-0.4, -0.2) is 23.8 Å². The lowest BCUT2D eigenvalue weighted by Crippen LogP contribution is -2.27. The fraction of sp³-hybridized carbons (Fsp3) is 0.161. The van der Waals surface area contributed by atoms with E-state index >= 15 is 0 Å². The van der Waals surface area contributed by atoms with Crippen LogP contribution in [0.1, 0.15) is 46.7 Å². The number of anilines is 1. The molecule has 0 saturated heterocycles. The minimum Gasteiger partial charge on any atom is -0.493 e. The number of ether oxygens (including phenoxy) is 2. The largest absolute Gasteiger partial charge is 0.493 e. The zero-order valence-corrected chi connectivity index (χ0v) is 21.1. The van der Waals surface area contributed by atoms with Crippen molar-refractivity contribution in [3.63, 3.8) is 0 Å². The minimum absolute atomic E-state index is 0.116. The summed E-state index contributed by atoms with van der Waals surface area (Å²) in [5, 5.41) is 16.6. The summed E-state index contributed by atoms with van der Waals surface area (Å²) in [6.07, 6.45) is 2.10. The van der Waals surface area contributed by atoms with Crippen LogP contribution in [-0.2, 0) is 4.79 Å². The summed E-state index contributed by atoms with van der Waals surface area (Å²) in [4.78, 5) is 36.5. The number of nitro benzene ring substituents is 1. The quantitative estimate of drug-likeness (QED) is 0.138. The molecule has 4 aromatic carbocycles. The van der Waals surface area contributed by atoms with Crippen LogP contribution >= 0.6 is 0 Å². The number of methoxy groups -OCH3 is 1. The maximum absolute atomic E-state index is 13.3. The highest BCUT2D eigenvalue weighted by Crippen LogP contribution is 2.49. The Morgan fingerprint density at radius 1 is 0.974 bits per heavy atom. The third kappa shape index (κ3) is 4.29. The molecule has 1 heterocycles. The molecule has 0 spiro atoms. The summed E-state index contributed by atoms with van der Waals surface area (Å²) in [6.45, 7) is 0. The summed E-state index contributed by atoms with van der Waals surface area (Å²) in [7, 11) is 1.49. The van der Waals surface area contributed by atoms with E-state index in [4.69, 9.17) is 9.47 Å². The molecule has 39 heavy (non-hydrogen) atoms. The van der Waals surface area contributed by atoms with Gasteiger partial charge < -0.3 is 14.8 Å². The van der Waals surface area contributed by atoms with Crippen molar-refractivity contribution in [1.29, 1.82) is 0 Å². The lowest BCUT2D eigenvalue weighted by molar-refractivity contribution is -0.384. The molecule has 1 atom stereocenters. The molecule has 4 aromatic rings. The monoisotopic (exact) mass is 520 g/mol. The number of nitro groups is 1. The van der Waals surface area contributed by atoms with Gasteiger partial charge in [0.1, 0.15) is 0 Å². The molecule has 1 aliphatic heterocycles. The number of ketones is 1. The van der Waals surface area contributed by atoms with Gasteiger partial charge in [0.05, 0.1) is 17.6 Å².